The fraction of sp³-hybridized carbons (Fsp3) is 0.417. The lowest BCUT2D eigenvalue weighted by molar-refractivity contribution is -0.115. The van der Waals surface area contributed by atoms with E-state index in [2.05, 4.69) is 10.6 Å². The molecule has 0 radical (unpaired) electrons. The number of rotatable bonds is 6. The van der Waals surface area contributed by atoms with Crippen LogP contribution in [0.25, 0.3) is 0 Å². The first-order valence-corrected chi connectivity index (χ1v) is 5.42. The lowest BCUT2D eigenvalue weighted by Gasteiger charge is -2.07. The van der Waals surface area contributed by atoms with Crippen LogP contribution in [-0.2, 0) is 9.53 Å². The second kappa shape index (κ2) is 6.88. The van der Waals surface area contributed by atoms with Gasteiger partial charge in [-0.3, -0.25) is 4.79 Å². The Kier molecular flexibility index (Phi) is 5.45. The van der Waals surface area contributed by atoms with E-state index < -0.39 is 0 Å². The number of benzene rings is 1. The monoisotopic (exact) mass is 238 g/mol. The molecule has 1 aromatic rings. The van der Waals surface area contributed by atoms with E-state index in [0.29, 0.717) is 18.8 Å². The van der Waals surface area contributed by atoms with Crippen LogP contribution in [0.15, 0.2) is 18.2 Å². The van der Waals surface area contributed by atoms with Crippen molar-refractivity contribution in [1.29, 1.82) is 0 Å². The second-order valence-corrected chi connectivity index (χ2v) is 3.72. The van der Waals surface area contributed by atoms with Gasteiger partial charge in [0, 0.05) is 19.3 Å². The molecular weight excluding hydrogens is 220 g/mol. The first kappa shape index (κ1) is 13.5. The largest absolute Gasteiger partial charge is 0.508 e. The molecule has 0 aliphatic carbocycles. The van der Waals surface area contributed by atoms with Gasteiger partial charge in [-0.2, -0.15) is 0 Å². The van der Waals surface area contributed by atoms with Crippen molar-refractivity contribution >= 4 is 11.6 Å². The lowest BCUT2D eigenvalue weighted by atomic mass is 10.2. The number of hydrogen-bond acceptors (Lipinski definition) is 4. The predicted octanol–water partition coefficient (Wildman–Crippen LogP) is 0.875. The van der Waals surface area contributed by atoms with Crippen molar-refractivity contribution < 1.29 is 14.6 Å². The third-order valence-electron chi connectivity index (χ3n) is 2.25. The van der Waals surface area contributed by atoms with Crippen LogP contribution in [-0.4, -0.2) is 37.8 Å². The average molecular weight is 238 g/mol. The molecule has 0 heterocycles. The fourth-order valence-electron chi connectivity index (χ4n) is 1.31. The minimum absolute atomic E-state index is 0.119. The molecule has 0 atom stereocenters. The maximum Gasteiger partial charge on any atom is 0.238 e. The summed E-state index contributed by atoms with van der Waals surface area (Å²) in [6.07, 6.45) is 0. The molecule has 0 aromatic heterocycles. The summed E-state index contributed by atoms with van der Waals surface area (Å²) < 4.78 is 4.85. The summed E-state index contributed by atoms with van der Waals surface area (Å²) in [6, 6.07) is 4.95. The Labute approximate surface area is 101 Å². The molecule has 1 rings (SSSR count). The van der Waals surface area contributed by atoms with E-state index in [1.807, 2.05) is 0 Å². The molecule has 5 heteroatoms. The van der Waals surface area contributed by atoms with Gasteiger partial charge in [0.15, 0.2) is 0 Å². The summed E-state index contributed by atoms with van der Waals surface area (Å²) in [4.78, 5) is 11.5. The number of nitrogens with one attached hydrogen (secondary N) is 2. The Morgan fingerprint density at radius 3 is 2.88 bits per heavy atom. The highest BCUT2D eigenvalue weighted by atomic mass is 16.5. The molecule has 17 heavy (non-hydrogen) atoms. The van der Waals surface area contributed by atoms with Crippen molar-refractivity contribution in [2.24, 2.45) is 0 Å². The molecular formula is C12H18N2O3. The third kappa shape index (κ3) is 4.84. The fourth-order valence-corrected chi connectivity index (χ4v) is 1.31. The number of methoxy groups -OCH3 is 1. The van der Waals surface area contributed by atoms with Gasteiger partial charge in [0.05, 0.1) is 13.2 Å². The third-order valence-corrected chi connectivity index (χ3v) is 2.25. The van der Waals surface area contributed by atoms with Gasteiger partial charge in [0.25, 0.3) is 0 Å². The molecule has 3 N–H and O–H groups in total. The van der Waals surface area contributed by atoms with Gasteiger partial charge >= 0.3 is 0 Å². The highest BCUT2D eigenvalue weighted by Gasteiger charge is 2.03. The Balaban J connectivity index is 2.37. The molecule has 1 amide bonds. The lowest BCUT2D eigenvalue weighted by Crippen LogP contribution is -2.30. The number of amides is 1. The van der Waals surface area contributed by atoms with Crippen LogP contribution in [0.1, 0.15) is 5.56 Å². The highest BCUT2D eigenvalue weighted by molar-refractivity contribution is 5.92. The van der Waals surface area contributed by atoms with Gasteiger partial charge in [0.1, 0.15) is 5.75 Å². The van der Waals surface area contributed by atoms with Crippen LogP contribution in [0, 0.1) is 6.92 Å². The predicted molar refractivity (Wildman–Crippen MR) is 66.2 cm³/mol. The molecule has 0 spiro atoms. The van der Waals surface area contributed by atoms with Gasteiger partial charge in [-0.1, -0.05) is 0 Å². The molecule has 0 aliphatic rings. The van der Waals surface area contributed by atoms with Gasteiger partial charge in [-0.15, -0.1) is 0 Å². The first-order chi connectivity index (χ1) is 8.13. The smallest absolute Gasteiger partial charge is 0.238 e. The minimum atomic E-state index is -0.119. The van der Waals surface area contributed by atoms with E-state index in [1.54, 1.807) is 32.2 Å². The Morgan fingerprint density at radius 2 is 2.24 bits per heavy atom. The van der Waals surface area contributed by atoms with E-state index in [9.17, 15) is 9.90 Å². The van der Waals surface area contributed by atoms with E-state index in [1.165, 1.54) is 0 Å². The molecule has 5 nitrogen and oxygen atoms in total. The number of phenols is 1. The molecule has 94 valence electrons. The normalized spacial score (nSPS) is 10.2. The van der Waals surface area contributed by atoms with Crippen molar-refractivity contribution in [3.8, 4) is 5.75 Å². The van der Waals surface area contributed by atoms with Crippen LogP contribution < -0.4 is 10.6 Å². The Morgan fingerprint density at radius 1 is 1.47 bits per heavy atom. The number of carbonyl (C=O) groups is 1. The second-order valence-electron chi connectivity index (χ2n) is 3.72. The van der Waals surface area contributed by atoms with E-state index in [4.69, 9.17) is 4.74 Å². The summed E-state index contributed by atoms with van der Waals surface area (Å²) in [5.41, 5.74) is 1.41. The molecule has 1 aromatic carbocycles. The first-order valence-electron chi connectivity index (χ1n) is 5.42. The van der Waals surface area contributed by atoms with Crippen LogP contribution in [0.3, 0.4) is 0 Å². The minimum Gasteiger partial charge on any atom is -0.508 e. The number of aryl methyl sites for hydroxylation is 1. The number of carbonyl (C=O) groups excluding carboxylic acids is 1. The number of anilines is 1. The summed E-state index contributed by atoms with van der Waals surface area (Å²) in [5, 5.41) is 15.0. The van der Waals surface area contributed by atoms with Crippen LogP contribution in [0.4, 0.5) is 5.69 Å². The molecule has 0 bridgehead atoms. The van der Waals surface area contributed by atoms with E-state index >= 15 is 0 Å². The SMILES string of the molecule is COCCNCC(=O)Nc1ccc(O)c(C)c1. The summed E-state index contributed by atoms with van der Waals surface area (Å²) in [7, 11) is 1.61. The van der Waals surface area contributed by atoms with Crippen molar-refractivity contribution in [2.45, 2.75) is 6.92 Å². The zero-order chi connectivity index (χ0) is 12.7. The molecule has 0 unspecified atom stereocenters. The quantitative estimate of drug-likeness (QED) is 0.508. The van der Waals surface area contributed by atoms with Crippen molar-refractivity contribution in [3.05, 3.63) is 23.8 Å². The molecule has 0 saturated heterocycles. The van der Waals surface area contributed by atoms with Crippen molar-refractivity contribution in [3.63, 3.8) is 0 Å². The van der Waals surface area contributed by atoms with Gasteiger partial charge in [0.2, 0.25) is 5.91 Å². The van der Waals surface area contributed by atoms with Crippen LogP contribution >= 0.6 is 0 Å². The van der Waals surface area contributed by atoms with E-state index in [0.717, 1.165) is 5.56 Å². The Bertz CT molecular complexity index is 380. The summed E-state index contributed by atoms with van der Waals surface area (Å²) in [5.74, 6) is 0.104. The average Bonchev–Trinajstić information content (AvgIpc) is 2.30. The van der Waals surface area contributed by atoms with Crippen molar-refractivity contribution in [1.82, 2.24) is 5.32 Å². The number of hydrogen-bond donors (Lipinski definition) is 3. The number of ether oxygens (including phenoxy) is 1. The number of aromatic hydroxyl groups is 1. The van der Waals surface area contributed by atoms with Crippen molar-refractivity contribution in [2.75, 3.05) is 32.1 Å². The standard InChI is InChI=1S/C12H18N2O3/c1-9-7-10(3-4-11(9)15)14-12(16)8-13-5-6-17-2/h3-4,7,13,15H,5-6,8H2,1-2H3,(H,14,16). The maximum absolute atomic E-state index is 11.5. The summed E-state index contributed by atoms with van der Waals surface area (Å²) >= 11 is 0. The van der Waals surface area contributed by atoms with E-state index in [-0.39, 0.29) is 18.2 Å². The molecule has 0 aliphatic heterocycles. The molecule has 0 fully saturated rings. The number of phenolic OH excluding ortho intramolecular Hbond substituents is 1. The topological polar surface area (TPSA) is 70.6 Å². The van der Waals surface area contributed by atoms with Gasteiger partial charge in [-0.25, -0.2) is 0 Å². The zero-order valence-corrected chi connectivity index (χ0v) is 10.1. The van der Waals surface area contributed by atoms with Gasteiger partial charge in [-0.05, 0) is 30.7 Å². The summed E-state index contributed by atoms with van der Waals surface area (Å²) in [6.45, 7) is 3.23. The van der Waals surface area contributed by atoms with Gasteiger partial charge < -0.3 is 20.5 Å². The van der Waals surface area contributed by atoms with Crippen LogP contribution in [0.5, 0.6) is 5.75 Å². The van der Waals surface area contributed by atoms with Crippen LogP contribution in [0.2, 0.25) is 0 Å². The Hall–Kier alpha value is -1.59. The maximum atomic E-state index is 11.5. The highest BCUT2D eigenvalue weighted by Crippen LogP contribution is 2.19. The zero-order valence-electron chi connectivity index (χ0n) is 10.1. The molecule has 0 saturated carbocycles.